The van der Waals surface area contributed by atoms with E-state index in [1.165, 1.54) is 6.33 Å². The van der Waals surface area contributed by atoms with Gasteiger partial charge in [0.05, 0.1) is 19.0 Å². The Morgan fingerprint density at radius 1 is 1.46 bits per heavy atom. The van der Waals surface area contributed by atoms with Gasteiger partial charge in [-0.05, 0) is 0 Å². The molecule has 2 aromatic heterocycles. The SMILES string of the molecule is OCCNc1cncc2ncnn12. The van der Waals surface area contributed by atoms with Gasteiger partial charge in [-0.1, -0.05) is 0 Å². The van der Waals surface area contributed by atoms with E-state index < -0.39 is 0 Å². The van der Waals surface area contributed by atoms with Gasteiger partial charge in [0.2, 0.25) is 0 Å². The number of aromatic nitrogens is 4. The zero-order valence-electron chi connectivity index (χ0n) is 6.88. The molecule has 0 amide bonds. The predicted molar refractivity (Wildman–Crippen MR) is 46.4 cm³/mol. The van der Waals surface area contributed by atoms with Gasteiger partial charge in [0.15, 0.2) is 5.65 Å². The number of nitrogens with zero attached hydrogens (tertiary/aromatic N) is 4. The molecule has 0 spiro atoms. The number of anilines is 1. The van der Waals surface area contributed by atoms with Crippen LogP contribution in [0.25, 0.3) is 5.65 Å². The normalized spacial score (nSPS) is 10.5. The van der Waals surface area contributed by atoms with Crippen molar-refractivity contribution in [3.63, 3.8) is 0 Å². The summed E-state index contributed by atoms with van der Waals surface area (Å²) in [5.41, 5.74) is 0.683. The smallest absolute Gasteiger partial charge is 0.175 e. The number of hydrogen-bond acceptors (Lipinski definition) is 5. The van der Waals surface area contributed by atoms with Crippen LogP contribution in [0.2, 0.25) is 0 Å². The summed E-state index contributed by atoms with van der Waals surface area (Å²) in [4.78, 5) is 7.94. The van der Waals surface area contributed by atoms with Crippen molar-refractivity contribution < 1.29 is 5.11 Å². The van der Waals surface area contributed by atoms with Crippen molar-refractivity contribution in [3.8, 4) is 0 Å². The number of aliphatic hydroxyl groups excluding tert-OH is 1. The Hall–Kier alpha value is -1.69. The Bertz CT molecular complexity index is 398. The molecule has 0 aromatic carbocycles. The molecule has 2 heterocycles. The lowest BCUT2D eigenvalue weighted by Gasteiger charge is -2.04. The highest BCUT2D eigenvalue weighted by Gasteiger charge is 2.00. The molecule has 0 radical (unpaired) electrons. The van der Waals surface area contributed by atoms with Crippen LogP contribution in [0.4, 0.5) is 5.82 Å². The van der Waals surface area contributed by atoms with Gasteiger partial charge in [-0.15, -0.1) is 0 Å². The fourth-order valence-corrected chi connectivity index (χ4v) is 1.06. The predicted octanol–water partition coefficient (Wildman–Crippen LogP) is -0.472. The first kappa shape index (κ1) is 7.93. The molecule has 2 N–H and O–H groups in total. The standard InChI is InChI=1S/C7H9N5O/c13-2-1-9-6-3-8-4-7-10-5-11-12(6)7/h3-5,9,13H,1-2H2. The number of rotatable bonds is 3. The van der Waals surface area contributed by atoms with Gasteiger partial charge in [-0.25, -0.2) is 4.98 Å². The molecule has 2 rings (SSSR count). The van der Waals surface area contributed by atoms with E-state index in [0.29, 0.717) is 12.2 Å². The minimum Gasteiger partial charge on any atom is -0.395 e. The average Bonchev–Trinajstić information content (AvgIpc) is 2.62. The Kier molecular flexibility index (Phi) is 2.05. The van der Waals surface area contributed by atoms with Gasteiger partial charge in [-0.2, -0.15) is 9.61 Å². The third-order valence-corrected chi connectivity index (χ3v) is 1.61. The minimum atomic E-state index is 0.0745. The highest BCUT2D eigenvalue weighted by atomic mass is 16.3. The summed E-state index contributed by atoms with van der Waals surface area (Å²) < 4.78 is 1.63. The van der Waals surface area contributed by atoms with Gasteiger partial charge < -0.3 is 10.4 Å². The van der Waals surface area contributed by atoms with Crippen LogP contribution in [0.1, 0.15) is 0 Å². The van der Waals surface area contributed by atoms with Gasteiger partial charge in [0, 0.05) is 6.54 Å². The van der Waals surface area contributed by atoms with Crippen molar-refractivity contribution in [3.05, 3.63) is 18.7 Å². The maximum Gasteiger partial charge on any atom is 0.175 e. The van der Waals surface area contributed by atoms with Crippen molar-refractivity contribution in [1.82, 2.24) is 19.6 Å². The largest absolute Gasteiger partial charge is 0.395 e. The van der Waals surface area contributed by atoms with E-state index in [1.54, 1.807) is 16.9 Å². The van der Waals surface area contributed by atoms with Crippen molar-refractivity contribution in [2.24, 2.45) is 0 Å². The molecular formula is C7H9N5O. The molecule has 13 heavy (non-hydrogen) atoms. The first-order valence-corrected chi connectivity index (χ1v) is 3.90. The molecule has 0 unspecified atom stereocenters. The second-order valence-corrected chi connectivity index (χ2v) is 2.47. The topological polar surface area (TPSA) is 75.3 Å². The number of fused-ring (bicyclic) bond motifs is 1. The van der Waals surface area contributed by atoms with Crippen molar-refractivity contribution in [2.45, 2.75) is 0 Å². The van der Waals surface area contributed by atoms with E-state index >= 15 is 0 Å². The van der Waals surface area contributed by atoms with E-state index in [2.05, 4.69) is 20.4 Å². The summed E-state index contributed by atoms with van der Waals surface area (Å²) in [5, 5.41) is 15.6. The number of aliphatic hydroxyl groups is 1. The van der Waals surface area contributed by atoms with Crippen LogP contribution in [0.3, 0.4) is 0 Å². The first-order chi connectivity index (χ1) is 6.42. The van der Waals surface area contributed by atoms with E-state index in [0.717, 1.165) is 5.82 Å². The third kappa shape index (κ3) is 1.43. The van der Waals surface area contributed by atoms with Crippen LogP contribution in [0, 0.1) is 0 Å². The molecule has 0 fully saturated rings. The Balaban J connectivity index is 2.37. The molecule has 2 aromatic rings. The van der Waals surface area contributed by atoms with Gasteiger partial charge >= 0.3 is 0 Å². The van der Waals surface area contributed by atoms with E-state index in [-0.39, 0.29) is 6.61 Å². The molecule has 0 aliphatic carbocycles. The summed E-state index contributed by atoms with van der Waals surface area (Å²) in [6, 6.07) is 0. The van der Waals surface area contributed by atoms with E-state index in [9.17, 15) is 0 Å². The van der Waals surface area contributed by atoms with Crippen LogP contribution in [0.5, 0.6) is 0 Å². The fourth-order valence-electron chi connectivity index (χ4n) is 1.06. The van der Waals surface area contributed by atoms with Crippen LogP contribution in [-0.4, -0.2) is 37.8 Å². The van der Waals surface area contributed by atoms with Crippen molar-refractivity contribution in [1.29, 1.82) is 0 Å². The van der Waals surface area contributed by atoms with E-state index in [4.69, 9.17) is 5.11 Å². The molecule has 0 atom stereocenters. The minimum absolute atomic E-state index is 0.0745. The monoisotopic (exact) mass is 179 g/mol. The molecule has 0 aliphatic rings. The Labute approximate surface area is 74.3 Å². The molecule has 0 saturated carbocycles. The molecule has 68 valence electrons. The zero-order chi connectivity index (χ0) is 9.10. The highest BCUT2D eigenvalue weighted by molar-refractivity contribution is 5.44. The highest BCUT2D eigenvalue weighted by Crippen LogP contribution is 2.05. The van der Waals surface area contributed by atoms with Crippen LogP contribution in [0.15, 0.2) is 18.7 Å². The number of hydrogen-bond donors (Lipinski definition) is 2. The summed E-state index contributed by atoms with van der Waals surface area (Å²) >= 11 is 0. The summed E-state index contributed by atoms with van der Waals surface area (Å²) in [5.74, 6) is 0.726. The summed E-state index contributed by atoms with van der Waals surface area (Å²) in [6.07, 6.45) is 4.72. The van der Waals surface area contributed by atoms with Crippen LogP contribution >= 0.6 is 0 Å². The molecule has 6 nitrogen and oxygen atoms in total. The van der Waals surface area contributed by atoms with Crippen molar-refractivity contribution >= 4 is 11.5 Å². The second-order valence-electron chi connectivity index (χ2n) is 2.47. The lowest BCUT2D eigenvalue weighted by Crippen LogP contribution is -2.09. The van der Waals surface area contributed by atoms with E-state index in [1.807, 2.05) is 0 Å². The molecule has 6 heteroatoms. The quantitative estimate of drug-likeness (QED) is 0.666. The molecule has 0 saturated heterocycles. The van der Waals surface area contributed by atoms with Gasteiger partial charge in [-0.3, -0.25) is 4.98 Å². The van der Waals surface area contributed by atoms with Crippen LogP contribution in [-0.2, 0) is 0 Å². The summed E-state index contributed by atoms with van der Waals surface area (Å²) in [7, 11) is 0. The zero-order valence-corrected chi connectivity index (χ0v) is 6.88. The van der Waals surface area contributed by atoms with Gasteiger partial charge in [0.1, 0.15) is 12.1 Å². The Morgan fingerprint density at radius 3 is 3.23 bits per heavy atom. The average molecular weight is 179 g/mol. The lowest BCUT2D eigenvalue weighted by molar-refractivity contribution is 0.311. The second kappa shape index (κ2) is 3.36. The Morgan fingerprint density at radius 2 is 2.38 bits per heavy atom. The maximum atomic E-state index is 8.62. The maximum absolute atomic E-state index is 8.62. The van der Waals surface area contributed by atoms with Gasteiger partial charge in [0.25, 0.3) is 0 Å². The molecule has 0 aliphatic heterocycles. The van der Waals surface area contributed by atoms with Crippen molar-refractivity contribution in [2.75, 3.05) is 18.5 Å². The van der Waals surface area contributed by atoms with Crippen LogP contribution < -0.4 is 5.32 Å². The lowest BCUT2D eigenvalue weighted by atomic mass is 10.6. The third-order valence-electron chi connectivity index (χ3n) is 1.61. The first-order valence-electron chi connectivity index (χ1n) is 3.90. The molecular weight excluding hydrogens is 170 g/mol. The fraction of sp³-hybridized carbons (Fsp3) is 0.286. The number of nitrogens with one attached hydrogen (secondary N) is 1. The summed E-state index contributed by atoms with van der Waals surface area (Å²) in [6.45, 7) is 0.547. The molecule has 0 bridgehead atoms.